The fourth-order valence-electron chi connectivity index (χ4n) is 2.32. The number of rotatable bonds is 3. The first-order valence-electron chi connectivity index (χ1n) is 6.69. The predicted molar refractivity (Wildman–Crippen MR) is 74.8 cm³/mol. The van der Waals surface area contributed by atoms with Gasteiger partial charge in [0.1, 0.15) is 0 Å². The molecule has 0 radical (unpaired) electrons. The summed E-state index contributed by atoms with van der Waals surface area (Å²) in [6, 6.07) is 3.60. The van der Waals surface area contributed by atoms with Crippen molar-refractivity contribution in [1.29, 1.82) is 0 Å². The molecule has 0 spiro atoms. The first-order chi connectivity index (χ1) is 9.04. The van der Waals surface area contributed by atoms with Gasteiger partial charge in [-0.05, 0) is 26.0 Å². The van der Waals surface area contributed by atoms with Crippen LogP contribution in [0.3, 0.4) is 0 Å². The molecule has 0 aromatic carbocycles. The van der Waals surface area contributed by atoms with E-state index in [1.807, 2.05) is 11.0 Å². The zero-order valence-electron chi connectivity index (χ0n) is 11.7. The molecule has 2 N–H and O–H groups in total. The average molecular weight is 262 g/mol. The van der Waals surface area contributed by atoms with Crippen molar-refractivity contribution in [1.82, 2.24) is 14.8 Å². The molecule has 0 aliphatic carbocycles. The maximum atomic E-state index is 12.3. The predicted octanol–water partition coefficient (Wildman–Crippen LogP) is 0.577. The Morgan fingerprint density at radius 2 is 2.05 bits per heavy atom. The van der Waals surface area contributed by atoms with Gasteiger partial charge >= 0.3 is 0 Å². The number of amides is 1. The first-order valence-corrected chi connectivity index (χ1v) is 6.69. The van der Waals surface area contributed by atoms with Crippen molar-refractivity contribution in [3.63, 3.8) is 0 Å². The number of aromatic nitrogens is 1. The Balaban J connectivity index is 1.95. The van der Waals surface area contributed by atoms with Crippen molar-refractivity contribution in [3.05, 3.63) is 30.1 Å². The van der Waals surface area contributed by atoms with E-state index in [1.54, 1.807) is 18.5 Å². The second-order valence-corrected chi connectivity index (χ2v) is 5.54. The fourth-order valence-corrected chi connectivity index (χ4v) is 2.32. The number of hydrogen-bond donors (Lipinski definition) is 1. The lowest BCUT2D eigenvalue weighted by Gasteiger charge is -2.43. The average Bonchev–Trinajstić information content (AvgIpc) is 2.47. The number of carbonyl (C=O) groups excluding carboxylic acids is 1. The van der Waals surface area contributed by atoms with Crippen LogP contribution in [-0.2, 0) is 0 Å². The molecule has 2 rings (SSSR count). The van der Waals surface area contributed by atoms with Crippen LogP contribution in [0.25, 0.3) is 0 Å². The SMILES string of the molecule is CC(C)(CN)N1CCN(C(=O)c2cccnc2)CC1. The summed E-state index contributed by atoms with van der Waals surface area (Å²) in [5.41, 5.74) is 6.46. The maximum Gasteiger partial charge on any atom is 0.255 e. The molecule has 0 saturated carbocycles. The van der Waals surface area contributed by atoms with Crippen molar-refractivity contribution in [3.8, 4) is 0 Å². The quantitative estimate of drug-likeness (QED) is 0.865. The van der Waals surface area contributed by atoms with Crippen LogP contribution < -0.4 is 5.73 Å². The minimum Gasteiger partial charge on any atom is -0.336 e. The smallest absolute Gasteiger partial charge is 0.255 e. The van der Waals surface area contributed by atoms with Gasteiger partial charge in [-0.25, -0.2) is 0 Å². The lowest BCUT2D eigenvalue weighted by Crippen LogP contribution is -2.58. The first kappa shape index (κ1) is 14.0. The summed E-state index contributed by atoms with van der Waals surface area (Å²) in [6.45, 7) is 8.15. The third kappa shape index (κ3) is 3.11. The zero-order chi connectivity index (χ0) is 13.9. The molecule has 5 heteroatoms. The summed E-state index contributed by atoms with van der Waals surface area (Å²) in [7, 11) is 0. The van der Waals surface area contributed by atoms with Crippen LogP contribution in [0.2, 0.25) is 0 Å². The van der Waals surface area contributed by atoms with Gasteiger partial charge in [0.05, 0.1) is 5.56 Å². The molecule has 19 heavy (non-hydrogen) atoms. The van der Waals surface area contributed by atoms with Crippen molar-refractivity contribution in [2.45, 2.75) is 19.4 Å². The maximum absolute atomic E-state index is 12.3. The molecule has 1 aliphatic rings. The molecule has 0 atom stereocenters. The van der Waals surface area contributed by atoms with E-state index in [2.05, 4.69) is 23.7 Å². The lowest BCUT2D eigenvalue weighted by atomic mass is 10.0. The highest BCUT2D eigenvalue weighted by Crippen LogP contribution is 2.16. The summed E-state index contributed by atoms with van der Waals surface area (Å²) in [4.78, 5) is 20.5. The standard InChI is InChI=1S/C14H22N4O/c1-14(2,11-15)18-8-6-17(7-9-18)13(19)12-4-3-5-16-10-12/h3-5,10H,6-9,11,15H2,1-2H3. The van der Waals surface area contributed by atoms with Gasteiger partial charge in [-0.2, -0.15) is 0 Å². The number of nitrogens with zero attached hydrogens (tertiary/aromatic N) is 3. The van der Waals surface area contributed by atoms with Gasteiger partial charge in [0.15, 0.2) is 0 Å². The molecule has 0 unspecified atom stereocenters. The molecule has 0 bridgehead atoms. The molecule has 1 saturated heterocycles. The molecule has 2 heterocycles. The molecule has 1 aliphatic heterocycles. The number of hydrogen-bond acceptors (Lipinski definition) is 4. The highest BCUT2D eigenvalue weighted by Gasteiger charge is 2.30. The summed E-state index contributed by atoms with van der Waals surface area (Å²) in [6.07, 6.45) is 3.30. The van der Waals surface area contributed by atoms with E-state index in [4.69, 9.17) is 5.73 Å². The molecule has 1 fully saturated rings. The van der Waals surface area contributed by atoms with E-state index in [9.17, 15) is 4.79 Å². The van der Waals surface area contributed by atoms with E-state index in [0.29, 0.717) is 12.1 Å². The Hall–Kier alpha value is -1.46. The van der Waals surface area contributed by atoms with Crippen LogP contribution >= 0.6 is 0 Å². The van der Waals surface area contributed by atoms with Crippen LogP contribution in [-0.4, -0.2) is 59.0 Å². The van der Waals surface area contributed by atoms with Gasteiger partial charge in [0.2, 0.25) is 0 Å². The molecule has 1 amide bonds. The van der Waals surface area contributed by atoms with Gasteiger partial charge in [-0.1, -0.05) is 0 Å². The number of pyridine rings is 1. The third-order valence-corrected chi connectivity index (χ3v) is 3.83. The van der Waals surface area contributed by atoms with Gasteiger partial charge in [-0.3, -0.25) is 14.7 Å². The third-order valence-electron chi connectivity index (χ3n) is 3.83. The molecule has 1 aromatic rings. The molecule has 5 nitrogen and oxygen atoms in total. The largest absolute Gasteiger partial charge is 0.336 e. The van der Waals surface area contributed by atoms with Crippen LogP contribution in [0, 0.1) is 0 Å². The Morgan fingerprint density at radius 3 is 2.58 bits per heavy atom. The van der Waals surface area contributed by atoms with E-state index in [1.165, 1.54) is 0 Å². The molecule has 104 valence electrons. The van der Waals surface area contributed by atoms with Gasteiger partial charge < -0.3 is 10.6 Å². The fraction of sp³-hybridized carbons (Fsp3) is 0.571. The molecule has 1 aromatic heterocycles. The number of carbonyl (C=O) groups is 1. The van der Waals surface area contributed by atoms with Crippen molar-refractivity contribution >= 4 is 5.91 Å². The molecular weight excluding hydrogens is 240 g/mol. The van der Waals surface area contributed by atoms with Crippen molar-refractivity contribution in [2.75, 3.05) is 32.7 Å². The Morgan fingerprint density at radius 1 is 1.37 bits per heavy atom. The van der Waals surface area contributed by atoms with E-state index in [-0.39, 0.29) is 11.4 Å². The van der Waals surface area contributed by atoms with Gasteiger partial charge in [0, 0.05) is 50.7 Å². The van der Waals surface area contributed by atoms with Crippen LogP contribution in [0.5, 0.6) is 0 Å². The van der Waals surface area contributed by atoms with Crippen LogP contribution in [0.15, 0.2) is 24.5 Å². The van der Waals surface area contributed by atoms with Crippen LogP contribution in [0.4, 0.5) is 0 Å². The zero-order valence-corrected chi connectivity index (χ0v) is 11.7. The second kappa shape index (κ2) is 5.67. The minimum atomic E-state index is 0.00341. The Bertz CT molecular complexity index is 424. The van der Waals surface area contributed by atoms with Crippen LogP contribution in [0.1, 0.15) is 24.2 Å². The summed E-state index contributed by atoms with van der Waals surface area (Å²) >= 11 is 0. The highest BCUT2D eigenvalue weighted by atomic mass is 16.2. The van der Waals surface area contributed by atoms with Gasteiger partial charge in [-0.15, -0.1) is 0 Å². The van der Waals surface area contributed by atoms with Crippen molar-refractivity contribution in [2.24, 2.45) is 5.73 Å². The van der Waals surface area contributed by atoms with E-state index in [0.717, 1.165) is 26.2 Å². The lowest BCUT2D eigenvalue weighted by molar-refractivity contribution is 0.0426. The summed E-state index contributed by atoms with van der Waals surface area (Å²) < 4.78 is 0. The Labute approximate surface area is 114 Å². The number of piperazine rings is 1. The summed E-state index contributed by atoms with van der Waals surface area (Å²) in [5.74, 6) is 0.0679. The normalized spacial score (nSPS) is 17.5. The van der Waals surface area contributed by atoms with Crippen molar-refractivity contribution < 1.29 is 4.79 Å². The second-order valence-electron chi connectivity index (χ2n) is 5.54. The van der Waals surface area contributed by atoms with Gasteiger partial charge in [0.25, 0.3) is 5.91 Å². The highest BCUT2D eigenvalue weighted by molar-refractivity contribution is 5.93. The van der Waals surface area contributed by atoms with E-state index < -0.39 is 0 Å². The minimum absolute atomic E-state index is 0.00341. The molecular formula is C14H22N4O. The Kier molecular flexibility index (Phi) is 4.17. The monoisotopic (exact) mass is 262 g/mol. The van der Waals surface area contributed by atoms with E-state index >= 15 is 0 Å². The topological polar surface area (TPSA) is 62.5 Å². The summed E-state index contributed by atoms with van der Waals surface area (Å²) in [5, 5.41) is 0. The number of nitrogens with two attached hydrogens (primary N) is 1.